The molecule has 1 heterocycles. The second-order valence-corrected chi connectivity index (χ2v) is 8.48. The monoisotopic (exact) mass is 368 g/mol. The Morgan fingerprint density at radius 1 is 1.24 bits per heavy atom. The average molecular weight is 369 g/mol. The smallest absolute Gasteiger partial charge is 0.251 e. The summed E-state index contributed by atoms with van der Waals surface area (Å²) in [5, 5.41) is 6.17. The first kappa shape index (κ1) is 19.8. The van der Waals surface area contributed by atoms with Crippen molar-refractivity contribution in [3.63, 3.8) is 0 Å². The van der Waals surface area contributed by atoms with E-state index < -0.39 is 10.0 Å². The standard InChI is InChI=1S/C17H28N4O3S/c1-14(2)20(3)25(23,24)16-6-4-15(5-7-16)17(22)19-10-13-21-11-8-18-9-12-21/h4-7,14,18H,8-13H2,1-3H3,(H,19,22). The van der Waals surface area contributed by atoms with Gasteiger partial charge >= 0.3 is 0 Å². The highest BCUT2D eigenvalue weighted by molar-refractivity contribution is 7.89. The normalized spacial score (nSPS) is 16.4. The van der Waals surface area contributed by atoms with Gasteiger partial charge in [0.1, 0.15) is 0 Å². The highest BCUT2D eigenvalue weighted by Gasteiger charge is 2.23. The van der Waals surface area contributed by atoms with Gasteiger partial charge in [0.25, 0.3) is 5.91 Å². The molecule has 2 rings (SSSR count). The Morgan fingerprint density at radius 3 is 2.40 bits per heavy atom. The molecule has 0 radical (unpaired) electrons. The zero-order valence-electron chi connectivity index (χ0n) is 15.2. The highest BCUT2D eigenvalue weighted by Crippen LogP contribution is 2.17. The molecular weight excluding hydrogens is 340 g/mol. The summed E-state index contributed by atoms with van der Waals surface area (Å²) in [5.74, 6) is -0.184. The van der Waals surface area contributed by atoms with E-state index in [-0.39, 0.29) is 16.8 Å². The summed E-state index contributed by atoms with van der Waals surface area (Å²) in [6, 6.07) is 5.96. The van der Waals surface area contributed by atoms with Gasteiger partial charge in [-0.15, -0.1) is 0 Å². The quantitative estimate of drug-likeness (QED) is 0.726. The van der Waals surface area contributed by atoms with Crippen LogP contribution < -0.4 is 10.6 Å². The van der Waals surface area contributed by atoms with E-state index >= 15 is 0 Å². The zero-order valence-corrected chi connectivity index (χ0v) is 16.0. The van der Waals surface area contributed by atoms with Gasteiger partial charge in [0, 0.05) is 57.9 Å². The lowest BCUT2D eigenvalue weighted by atomic mass is 10.2. The van der Waals surface area contributed by atoms with Crippen molar-refractivity contribution < 1.29 is 13.2 Å². The maximum atomic E-state index is 12.4. The Bertz CT molecular complexity index is 668. The van der Waals surface area contributed by atoms with Crippen molar-refractivity contribution >= 4 is 15.9 Å². The van der Waals surface area contributed by atoms with Crippen LogP contribution in [-0.4, -0.2) is 75.9 Å². The van der Waals surface area contributed by atoms with Crippen molar-refractivity contribution in [2.75, 3.05) is 46.3 Å². The van der Waals surface area contributed by atoms with Crippen molar-refractivity contribution in [3.8, 4) is 0 Å². The second kappa shape index (κ2) is 8.75. The first-order chi connectivity index (χ1) is 11.8. The van der Waals surface area contributed by atoms with Gasteiger partial charge < -0.3 is 10.6 Å². The number of hydrogen-bond acceptors (Lipinski definition) is 5. The highest BCUT2D eigenvalue weighted by atomic mass is 32.2. The van der Waals surface area contributed by atoms with Gasteiger partial charge in [-0.05, 0) is 38.1 Å². The van der Waals surface area contributed by atoms with E-state index in [9.17, 15) is 13.2 Å². The molecule has 0 saturated carbocycles. The molecule has 0 atom stereocenters. The van der Waals surface area contributed by atoms with Crippen LogP contribution in [0.3, 0.4) is 0 Å². The summed E-state index contributed by atoms with van der Waals surface area (Å²) in [6.45, 7) is 8.98. The maximum Gasteiger partial charge on any atom is 0.251 e. The van der Waals surface area contributed by atoms with Crippen molar-refractivity contribution in [1.29, 1.82) is 0 Å². The molecule has 140 valence electrons. The lowest BCUT2D eigenvalue weighted by Crippen LogP contribution is -2.46. The minimum absolute atomic E-state index is 0.127. The summed E-state index contributed by atoms with van der Waals surface area (Å²) in [5.41, 5.74) is 0.464. The Morgan fingerprint density at radius 2 is 1.84 bits per heavy atom. The van der Waals surface area contributed by atoms with Gasteiger partial charge in [-0.3, -0.25) is 9.69 Å². The molecule has 1 aromatic carbocycles. The van der Waals surface area contributed by atoms with Crippen LogP contribution in [0.2, 0.25) is 0 Å². The molecule has 1 aliphatic heterocycles. The van der Waals surface area contributed by atoms with E-state index in [1.165, 1.54) is 16.4 Å². The van der Waals surface area contributed by atoms with Crippen LogP contribution in [0, 0.1) is 0 Å². The Labute approximate surface area is 150 Å². The third-order valence-electron chi connectivity index (χ3n) is 4.44. The van der Waals surface area contributed by atoms with Crippen LogP contribution in [0.5, 0.6) is 0 Å². The summed E-state index contributed by atoms with van der Waals surface area (Å²) >= 11 is 0. The predicted octanol–water partition coefficient (Wildman–Crippen LogP) is 0.351. The zero-order chi connectivity index (χ0) is 18.4. The van der Waals surface area contributed by atoms with Crippen LogP contribution in [0.25, 0.3) is 0 Å². The Hall–Kier alpha value is -1.48. The largest absolute Gasteiger partial charge is 0.351 e. The summed E-state index contributed by atoms with van der Waals surface area (Å²) in [7, 11) is -1.97. The molecule has 0 spiro atoms. The number of nitrogens with zero attached hydrogens (tertiary/aromatic N) is 2. The van der Waals surface area contributed by atoms with E-state index in [1.807, 2.05) is 13.8 Å². The van der Waals surface area contributed by atoms with E-state index in [4.69, 9.17) is 0 Å². The lowest BCUT2D eigenvalue weighted by molar-refractivity contribution is 0.0947. The van der Waals surface area contributed by atoms with Crippen molar-refractivity contribution in [2.24, 2.45) is 0 Å². The lowest BCUT2D eigenvalue weighted by Gasteiger charge is -2.27. The molecule has 1 fully saturated rings. The molecule has 1 saturated heterocycles. The summed E-state index contributed by atoms with van der Waals surface area (Å²) < 4.78 is 26.1. The van der Waals surface area contributed by atoms with E-state index in [0.717, 1.165) is 32.7 Å². The molecule has 0 aliphatic carbocycles. The number of nitrogens with one attached hydrogen (secondary N) is 2. The van der Waals surface area contributed by atoms with Gasteiger partial charge in [0.15, 0.2) is 0 Å². The topological polar surface area (TPSA) is 81.8 Å². The fourth-order valence-electron chi connectivity index (χ4n) is 2.59. The number of hydrogen-bond donors (Lipinski definition) is 2. The number of sulfonamides is 1. The number of benzene rings is 1. The van der Waals surface area contributed by atoms with E-state index in [1.54, 1.807) is 19.2 Å². The van der Waals surface area contributed by atoms with Crippen LogP contribution in [0.1, 0.15) is 24.2 Å². The summed E-state index contributed by atoms with van der Waals surface area (Å²) in [6.07, 6.45) is 0. The van der Waals surface area contributed by atoms with Gasteiger partial charge in [-0.1, -0.05) is 0 Å². The number of carbonyl (C=O) groups excluding carboxylic acids is 1. The van der Waals surface area contributed by atoms with E-state index in [0.29, 0.717) is 12.1 Å². The third kappa shape index (κ3) is 5.24. The fraction of sp³-hybridized carbons (Fsp3) is 0.588. The van der Waals surface area contributed by atoms with Gasteiger partial charge in [-0.25, -0.2) is 8.42 Å². The molecule has 2 N–H and O–H groups in total. The molecule has 0 unspecified atom stereocenters. The summed E-state index contributed by atoms with van der Waals surface area (Å²) in [4.78, 5) is 14.7. The van der Waals surface area contributed by atoms with Crippen molar-refractivity contribution in [2.45, 2.75) is 24.8 Å². The molecule has 25 heavy (non-hydrogen) atoms. The van der Waals surface area contributed by atoms with E-state index in [2.05, 4.69) is 15.5 Å². The van der Waals surface area contributed by atoms with Crippen LogP contribution in [-0.2, 0) is 10.0 Å². The molecule has 1 amide bonds. The molecule has 8 heteroatoms. The SMILES string of the molecule is CC(C)N(C)S(=O)(=O)c1ccc(C(=O)NCCN2CCNCC2)cc1. The predicted molar refractivity (Wildman–Crippen MR) is 98.2 cm³/mol. The molecule has 0 bridgehead atoms. The molecule has 7 nitrogen and oxygen atoms in total. The minimum Gasteiger partial charge on any atom is -0.351 e. The minimum atomic E-state index is -3.52. The number of piperazine rings is 1. The number of amides is 1. The fourth-order valence-corrected chi connectivity index (χ4v) is 3.95. The van der Waals surface area contributed by atoms with Crippen molar-refractivity contribution in [1.82, 2.24) is 19.8 Å². The molecule has 0 aromatic heterocycles. The number of rotatable bonds is 7. The van der Waals surface area contributed by atoms with Gasteiger partial charge in [0.2, 0.25) is 10.0 Å². The Kier molecular flexibility index (Phi) is 6.95. The third-order valence-corrected chi connectivity index (χ3v) is 6.49. The van der Waals surface area contributed by atoms with Gasteiger partial charge in [-0.2, -0.15) is 4.31 Å². The van der Waals surface area contributed by atoms with Crippen LogP contribution in [0.15, 0.2) is 29.2 Å². The maximum absolute atomic E-state index is 12.4. The van der Waals surface area contributed by atoms with Crippen LogP contribution in [0.4, 0.5) is 0 Å². The molecule has 1 aliphatic rings. The Balaban J connectivity index is 1.91. The second-order valence-electron chi connectivity index (χ2n) is 6.49. The van der Waals surface area contributed by atoms with Gasteiger partial charge in [0.05, 0.1) is 4.90 Å². The molecular formula is C17H28N4O3S. The van der Waals surface area contributed by atoms with Crippen molar-refractivity contribution in [3.05, 3.63) is 29.8 Å². The molecule has 1 aromatic rings. The number of carbonyl (C=O) groups is 1. The first-order valence-corrected chi connectivity index (χ1v) is 10.1. The average Bonchev–Trinajstić information content (AvgIpc) is 2.61. The first-order valence-electron chi connectivity index (χ1n) is 8.61. The van der Waals surface area contributed by atoms with Crippen LogP contribution >= 0.6 is 0 Å².